The first-order chi connectivity index (χ1) is 10.6. The third kappa shape index (κ3) is 2.03. The normalized spacial score (nSPS) is 37.3. The van der Waals surface area contributed by atoms with Gasteiger partial charge in [0.25, 0.3) is 0 Å². The molecule has 4 nitrogen and oxygen atoms in total. The number of rotatable bonds is 3. The van der Waals surface area contributed by atoms with Crippen LogP contribution in [0.5, 0.6) is 0 Å². The molecule has 6 atom stereocenters. The zero-order valence-electron chi connectivity index (χ0n) is 13.8. The summed E-state index contributed by atoms with van der Waals surface area (Å²) in [7, 11) is 0. The van der Waals surface area contributed by atoms with Gasteiger partial charge < -0.3 is 9.84 Å². The molecule has 3 saturated carbocycles. The molecule has 0 aliphatic heterocycles. The van der Waals surface area contributed by atoms with Crippen molar-refractivity contribution in [3.05, 3.63) is 17.0 Å². The summed E-state index contributed by atoms with van der Waals surface area (Å²) in [5.41, 5.74) is 1.79. The van der Waals surface area contributed by atoms with Crippen molar-refractivity contribution < 1.29 is 9.32 Å². The van der Waals surface area contributed by atoms with Crippen LogP contribution in [0, 0.1) is 37.5 Å². The lowest BCUT2D eigenvalue weighted by Crippen LogP contribution is -2.44. The van der Waals surface area contributed by atoms with Gasteiger partial charge in [-0.1, -0.05) is 11.6 Å². The summed E-state index contributed by atoms with van der Waals surface area (Å²) in [4.78, 5) is 12.7. The predicted molar refractivity (Wildman–Crippen MR) is 83.4 cm³/mol. The van der Waals surface area contributed by atoms with Crippen molar-refractivity contribution in [3.8, 4) is 0 Å². The van der Waals surface area contributed by atoms with Gasteiger partial charge in [-0.15, -0.1) is 0 Å². The third-order valence-corrected chi connectivity index (χ3v) is 6.67. The number of aryl methyl sites for hydroxylation is 2. The number of hydrogen-bond acceptors (Lipinski definition) is 3. The highest BCUT2D eigenvalue weighted by Gasteiger charge is 2.54. The van der Waals surface area contributed by atoms with E-state index in [0.717, 1.165) is 40.7 Å². The van der Waals surface area contributed by atoms with E-state index in [1.54, 1.807) is 0 Å². The molecule has 0 radical (unpaired) electrons. The van der Waals surface area contributed by atoms with Crippen LogP contribution in [0.1, 0.15) is 62.0 Å². The summed E-state index contributed by atoms with van der Waals surface area (Å²) < 4.78 is 5.21. The molecule has 3 aliphatic rings. The number of amides is 1. The molecule has 3 aliphatic carbocycles. The van der Waals surface area contributed by atoms with Gasteiger partial charge in [0.05, 0.1) is 11.6 Å². The van der Waals surface area contributed by atoms with Gasteiger partial charge in [-0.05, 0) is 70.1 Å². The maximum atomic E-state index is 12.7. The smallest absolute Gasteiger partial charge is 0.227 e. The molecule has 0 saturated heterocycles. The van der Waals surface area contributed by atoms with Gasteiger partial charge in [0, 0.05) is 11.6 Å². The van der Waals surface area contributed by atoms with E-state index in [9.17, 15) is 4.79 Å². The van der Waals surface area contributed by atoms with Gasteiger partial charge in [-0.2, -0.15) is 0 Å². The zero-order chi connectivity index (χ0) is 15.4. The molecule has 0 unspecified atom stereocenters. The van der Waals surface area contributed by atoms with Crippen molar-refractivity contribution in [1.29, 1.82) is 0 Å². The highest BCUT2D eigenvalue weighted by Crippen LogP contribution is 2.58. The van der Waals surface area contributed by atoms with Crippen molar-refractivity contribution in [2.75, 3.05) is 0 Å². The lowest BCUT2D eigenvalue weighted by molar-refractivity contribution is -0.123. The average molecular weight is 302 g/mol. The van der Waals surface area contributed by atoms with Crippen molar-refractivity contribution in [2.45, 2.75) is 64.8 Å². The first-order valence-corrected chi connectivity index (χ1v) is 8.79. The van der Waals surface area contributed by atoms with Crippen LogP contribution >= 0.6 is 0 Å². The van der Waals surface area contributed by atoms with Gasteiger partial charge in [-0.3, -0.25) is 4.79 Å². The molecular formula is C18H26N2O2. The van der Waals surface area contributed by atoms with Crippen LogP contribution in [0.25, 0.3) is 0 Å². The summed E-state index contributed by atoms with van der Waals surface area (Å²) >= 11 is 0. The summed E-state index contributed by atoms with van der Waals surface area (Å²) in [6.45, 7) is 5.77. The van der Waals surface area contributed by atoms with E-state index in [1.807, 2.05) is 20.8 Å². The lowest BCUT2D eigenvalue weighted by atomic mass is 9.79. The Morgan fingerprint density at radius 2 is 2.00 bits per heavy atom. The molecular weight excluding hydrogens is 276 g/mol. The average Bonchev–Trinajstić information content (AvgIpc) is 3.20. The number of fused-ring (bicyclic) bond motifs is 5. The number of nitrogens with one attached hydrogen (secondary N) is 1. The molecule has 0 aromatic carbocycles. The Morgan fingerprint density at radius 1 is 1.23 bits per heavy atom. The van der Waals surface area contributed by atoms with Crippen LogP contribution in [-0.2, 0) is 4.79 Å². The lowest BCUT2D eigenvalue weighted by Gasteiger charge is -2.32. The molecule has 22 heavy (non-hydrogen) atoms. The van der Waals surface area contributed by atoms with Crippen LogP contribution in [0.15, 0.2) is 4.52 Å². The molecule has 1 aromatic heterocycles. The van der Waals surface area contributed by atoms with E-state index < -0.39 is 0 Å². The van der Waals surface area contributed by atoms with E-state index >= 15 is 0 Å². The minimum absolute atomic E-state index is 0.140. The Morgan fingerprint density at radius 3 is 2.73 bits per heavy atom. The second kappa shape index (κ2) is 5.10. The first kappa shape index (κ1) is 14.3. The van der Waals surface area contributed by atoms with Crippen LogP contribution < -0.4 is 5.32 Å². The minimum atomic E-state index is -0.176. The van der Waals surface area contributed by atoms with Crippen LogP contribution in [0.4, 0.5) is 0 Å². The fraction of sp³-hybridized carbons (Fsp3) is 0.778. The minimum Gasteiger partial charge on any atom is -0.361 e. The fourth-order valence-electron chi connectivity index (χ4n) is 5.78. The molecule has 3 fully saturated rings. The van der Waals surface area contributed by atoms with Crippen LogP contribution in [0.2, 0.25) is 0 Å². The van der Waals surface area contributed by atoms with Crippen molar-refractivity contribution in [3.63, 3.8) is 0 Å². The van der Waals surface area contributed by atoms with E-state index in [0.29, 0.717) is 6.04 Å². The summed E-state index contributed by atoms with van der Waals surface area (Å²) in [5.74, 6) is 4.20. The van der Waals surface area contributed by atoms with Crippen LogP contribution in [0.3, 0.4) is 0 Å². The van der Waals surface area contributed by atoms with E-state index in [-0.39, 0.29) is 11.8 Å². The number of nitrogens with zero attached hydrogens (tertiary/aromatic N) is 1. The van der Waals surface area contributed by atoms with Crippen molar-refractivity contribution in [2.24, 2.45) is 23.7 Å². The molecule has 1 amide bonds. The van der Waals surface area contributed by atoms with Crippen LogP contribution in [-0.4, -0.2) is 17.1 Å². The Bertz CT molecular complexity index is 574. The monoisotopic (exact) mass is 302 g/mol. The van der Waals surface area contributed by atoms with Gasteiger partial charge in [0.15, 0.2) is 0 Å². The Labute approximate surface area is 132 Å². The fourth-order valence-corrected chi connectivity index (χ4v) is 5.78. The SMILES string of the molecule is Cc1noc(C)c1[C@H](C)C(=O)N[C@@H]1C[C@H]2C[C@H]1[C@H]1CCC[C@@H]21. The molecule has 0 spiro atoms. The molecule has 1 heterocycles. The van der Waals surface area contributed by atoms with Gasteiger partial charge >= 0.3 is 0 Å². The predicted octanol–water partition coefficient (Wildman–Crippen LogP) is 3.34. The van der Waals surface area contributed by atoms with Gasteiger partial charge in [0.2, 0.25) is 5.91 Å². The number of hydrogen-bond donors (Lipinski definition) is 1. The first-order valence-electron chi connectivity index (χ1n) is 8.79. The zero-order valence-corrected chi connectivity index (χ0v) is 13.8. The third-order valence-electron chi connectivity index (χ3n) is 6.67. The second-order valence-corrected chi connectivity index (χ2v) is 7.73. The highest BCUT2D eigenvalue weighted by atomic mass is 16.5. The molecule has 4 heteroatoms. The van der Waals surface area contributed by atoms with E-state index in [1.165, 1.54) is 32.1 Å². The Balaban J connectivity index is 1.45. The Kier molecular flexibility index (Phi) is 3.31. The van der Waals surface area contributed by atoms with Gasteiger partial charge in [0.1, 0.15) is 5.76 Å². The Hall–Kier alpha value is -1.32. The quantitative estimate of drug-likeness (QED) is 0.931. The van der Waals surface area contributed by atoms with Crippen molar-refractivity contribution >= 4 is 5.91 Å². The number of carbonyl (C=O) groups excluding carboxylic acids is 1. The van der Waals surface area contributed by atoms with Gasteiger partial charge in [-0.25, -0.2) is 0 Å². The van der Waals surface area contributed by atoms with E-state index in [4.69, 9.17) is 4.52 Å². The molecule has 4 rings (SSSR count). The highest BCUT2D eigenvalue weighted by molar-refractivity contribution is 5.84. The maximum absolute atomic E-state index is 12.7. The molecule has 2 bridgehead atoms. The molecule has 120 valence electrons. The second-order valence-electron chi connectivity index (χ2n) is 7.73. The summed E-state index contributed by atoms with van der Waals surface area (Å²) in [6.07, 6.45) is 6.77. The number of carbonyl (C=O) groups is 1. The summed E-state index contributed by atoms with van der Waals surface area (Å²) in [5, 5.41) is 7.34. The molecule has 1 aromatic rings. The standard InChI is InChI=1S/C18H26N2O2/c1-9(17-10(2)20-22-11(17)3)18(21)19-16-8-12-7-15(16)14-6-4-5-13(12)14/h9,12-16H,4-8H2,1-3H3,(H,19,21)/t9-,12+,13-,14-,15-,16+/m0/s1. The van der Waals surface area contributed by atoms with E-state index in [2.05, 4.69) is 10.5 Å². The summed E-state index contributed by atoms with van der Waals surface area (Å²) in [6, 6.07) is 0.403. The largest absolute Gasteiger partial charge is 0.361 e. The maximum Gasteiger partial charge on any atom is 0.227 e. The number of aromatic nitrogens is 1. The topological polar surface area (TPSA) is 55.1 Å². The van der Waals surface area contributed by atoms with Crippen molar-refractivity contribution in [1.82, 2.24) is 10.5 Å². The molecule has 1 N–H and O–H groups in total.